The largest absolute Gasteiger partial charge is 0.504 e. The van der Waals surface area contributed by atoms with Gasteiger partial charge in [0, 0.05) is 12.0 Å². The molecule has 25 heavy (non-hydrogen) atoms. The fourth-order valence-corrected chi connectivity index (χ4v) is 3.61. The molecule has 1 fully saturated rings. The van der Waals surface area contributed by atoms with Gasteiger partial charge in [0.1, 0.15) is 11.5 Å². The van der Waals surface area contributed by atoms with Crippen LogP contribution < -0.4 is 0 Å². The van der Waals surface area contributed by atoms with Gasteiger partial charge >= 0.3 is 11.7 Å². The minimum Gasteiger partial charge on any atom is -0.504 e. The summed E-state index contributed by atoms with van der Waals surface area (Å²) in [6.45, 7) is 0. The average Bonchev–Trinajstić information content (AvgIpc) is 2.88. The van der Waals surface area contributed by atoms with Crippen molar-refractivity contribution in [1.29, 1.82) is 0 Å². The molecule has 2 aliphatic carbocycles. The van der Waals surface area contributed by atoms with E-state index in [1.54, 1.807) is 24.3 Å². The van der Waals surface area contributed by atoms with Crippen molar-refractivity contribution in [2.24, 2.45) is 0 Å². The lowest BCUT2D eigenvalue weighted by Crippen LogP contribution is -2.38. The molecule has 0 saturated carbocycles. The van der Waals surface area contributed by atoms with Crippen LogP contribution in [0, 0.1) is 6.42 Å². The standard InChI is InChI=1S/C20H10O5/c21-11-5-7-15-17(9-11)24-18-10-12(22)6-8-16(18)20(15)14-4-2-1-3-13(14)19(23)25-20/h1-5,7-8H,6H2,(H-,21,22)/p+1. The van der Waals surface area contributed by atoms with Crippen molar-refractivity contribution < 1.29 is 24.5 Å². The van der Waals surface area contributed by atoms with Crippen molar-refractivity contribution in [3.05, 3.63) is 99.6 Å². The van der Waals surface area contributed by atoms with Gasteiger partial charge in [0.05, 0.1) is 23.6 Å². The summed E-state index contributed by atoms with van der Waals surface area (Å²) >= 11 is 0. The van der Waals surface area contributed by atoms with Gasteiger partial charge in [-0.2, -0.15) is 0 Å². The zero-order valence-electron chi connectivity index (χ0n) is 12.9. The Morgan fingerprint density at radius 2 is 1.92 bits per heavy atom. The van der Waals surface area contributed by atoms with Gasteiger partial charge in [-0.1, -0.05) is 24.3 Å². The van der Waals surface area contributed by atoms with Crippen LogP contribution in [-0.4, -0.2) is 16.2 Å². The van der Waals surface area contributed by atoms with Gasteiger partial charge in [-0.3, -0.25) is 0 Å². The predicted octanol–water partition coefficient (Wildman–Crippen LogP) is 3.41. The van der Waals surface area contributed by atoms with Crippen molar-refractivity contribution >= 4 is 5.97 Å². The molecule has 1 spiro atoms. The number of aliphatic hydroxyl groups excluding tert-OH is 2. The first-order chi connectivity index (χ1) is 12.1. The van der Waals surface area contributed by atoms with Gasteiger partial charge in [-0.25, -0.2) is 4.79 Å². The molecule has 1 aromatic carbocycles. The van der Waals surface area contributed by atoms with Gasteiger partial charge < -0.3 is 19.7 Å². The van der Waals surface area contributed by atoms with Crippen molar-refractivity contribution in [3.63, 3.8) is 0 Å². The second-order valence-corrected chi connectivity index (χ2v) is 6.03. The quantitative estimate of drug-likeness (QED) is 0.433. The molecule has 5 rings (SSSR count). The third kappa shape index (κ3) is 1.68. The minimum absolute atomic E-state index is 0.0233. The topological polar surface area (TPSA) is 76.0 Å². The number of aliphatic hydroxyl groups is 2. The molecule has 4 aliphatic rings. The fraction of sp³-hybridized carbons (Fsp3) is 0.100. The molecule has 0 amide bonds. The SMILES string of the molecule is O=C1OC2(C3=C[CH+]C(O)=C=C3OC3=C=C(O)CC=C32)c2ccccc21. The Hall–Kier alpha value is -3.52. The maximum atomic E-state index is 12.5. The maximum absolute atomic E-state index is 12.5. The number of benzene rings is 1. The lowest BCUT2D eigenvalue weighted by atomic mass is 9.74. The first-order valence-electron chi connectivity index (χ1n) is 7.76. The lowest BCUT2D eigenvalue weighted by molar-refractivity contribution is 0.0152. The number of ether oxygens (including phenoxy) is 2. The number of carbonyl (C=O) groups is 1. The molecule has 0 radical (unpaired) electrons. The van der Waals surface area contributed by atoms with Crippen LogP contribution in [-0.2, 0) is 15.1 Å². The molecule has 5 heteroatoms. The number of hydrogen-bond donors (Lipinski definition) is 2. The number of fused-ring (bicyclic) bond motifs is 6. The van der Waals surface area contributed by atoms with Crippen LogP contribution in [0.15, 0.2) is 82.1 Å². The van der Waals surface area contributed by atoms with Crippen molar-refractivity contribution in [3.8, 4) is 0 Å². The summed E-state index contributed by atoms with van der Waals surface area (Å²) in [5.41, 5.74) is 6.66. The number of rotatable bonds is 0. The number of hydrogen-bond acceptors (Lipinski definition) is 5. The van der Waals surface area contributed by atoms with Crippen LogP contribution in [0.4, 0.5) is 0 Å². The smallest absolute Gasteiger partial charge is 0.341 e. The summed E-state index contributed by atoms with van der Waals surface area (Å²) < 4.78 is 11.7. The van der Waals surface area contributed by atoms with Crippen LogP contribution in [0.25, 0.3) is 0 Å². The van der Waals surface area contributed by atoms with E-state index in [1.807, 2.05) is 12.1 Å². The molecule has 2 heterocycles. The molecule has 1 unspecified atom stereocenters. The lowest BCUT2D eigenvalue weighted by Gasteiger charge is -2.35. The Morgan fingerprint density at radius 1 is 1.12 bits per heavy atom. The highest BCUT2D eigenvalue weighted by Crippen LogP contribution is 2.56. The third-order valence-corrected chi connectivity index (χ3v) is 4.63. The molecule has 2 aliphatic heterocycles. The fourth-order valence-electron chi connectivity index (χ4n) is 3.61. The number of esters is 1. The first kappa shape index (κ1) is 13.9. The van der Waals surface area contributed by atoms with Crippen molar-refractivity contribution in [2.45, 2.75) is 12.0 Å². The molecule has 5 nitrogen and oxygen atoms in total. The monoisotopic (exact) mass is 331 g/mol. The summed E-state index contributed by atoms with van der Waals surface area (Å²) in [5, 5.41) is 19.6. The highest BCUT2D eigenvalue weighted by atomic mass is 16.6. The van der Waals surface area contributed by atoms with E-state index >= 15 is 0 Å². The maximum Gasteiger partial charge on any atom is 0.341 e. The molecule has 1 atom stereocenters. The molecule has 120 valence electrons. The summed E-state index contributed by atoms with van der Waals surface area (Å²) in [7, 11) is 0. The van der Waals surface area contributed by atoms with Crippen LogP contribution in [0.2, 0.25) is 0 Å². The first-order valence-corrected chi connectivity index (χ1v) is 7.76. The highest BCUT2D eigenvalue weighted by Gasteiger charge is 2.61. The van der Waals surface area contributed by atoms with Crippen molar-refractivity contribution in [1.82, 2.24) is 0 Å². The van der Waals surface area contributed by atoms with E-state index in [0.717, 1.165) is 0 Å². The molecule has 2 N–H and O–H groups in total. The minimum atomic E-state index is -1.20. The molecular formula is C20H11O5+. The number of carbonyl (C=O) groups excluding carboxylic acids is 1. The third-order valence-electron chi connectivity index (χ3n) is 4.63. The zero-order valence-corrected chi connectivity index (χ0v) is 12.9. The van der Waals surface area contributed by atoms with Gasteiger partial charge in [0.25, 0.3) is 5.76 Å². The Kier molecular flexibility index (Phi) is 2.51. The molecule has 0 aromatic heterocycles. The molecular weight excluding hydrogens is 320 g/mol. The summed E-state index contributed by atoms with van der Waals surface area (Å²) in [6, 6.07) is 7.16. The van der Waals surface area contributed by atoms with E-state index in [2.05, 4.69) is 11.5 Å². The van der Waals surface area contributed by atoms with E-state index in [9.17, 15) is 15.0 Å². The van der Waals surface area contributed by atoms with E-state index < -0.39 is 11.6 Å². The Labute approximate surface area is 142 Å². The van der Waals surface area contributed by atoms with Crippen LogP contribution >= 0.6 is 0 Å². The van der Waals surface area contributed by atoms with Crippen LogP contribution in [0.3, 0.4) is 0 Å². The predicted molar refractivity (Wildman–Crippen MR) is 86.0 cm³/mol. The van der Waals surface area contributed by atoms with Gasteiger partial charge in [0.15, 0.2) is 11.3 Å². The normalized spacial score (nSPS) is 25.5. The Bertz CT molecular complexity index is 1000. The van der Waals surface area contributed by atoms with E-state index in [-0.39, 0.29) is 29.5 Å². The van der Waals surface area contributed by atoms with Crippen molar-refractivity contribution in [2.75, 3.05) is 0 Å². The molecule has 1 saturated heterocycles. The Morgan fingerprint density at radius 3 is 2.80 bits per heavy atom. The van der Waals surface area contributed by atoms with Gasteiger partial charge in [-0.15, -0.1) is 0 Å². The molecule has 1 aromatic rings. The van der Waals surface area contributed by atoms with E-state index in [1.165, 1.54) is 6.42 Å². The van der Waals surface area contributed by atoms with Gasteiger partial charge in [0.2, 0.25) is 5.60 Å². The Balaban J connectivity index is 1.88. The second-order valence-electron chi connectivity index (χ2n) is 6.03. The molecule has 0 bridgehead atoms. The van der Waals surface area contributed by atoms with Gasteiger partial charge in [-0.05, 0) is 11.8 Å². The average molecular weight is 331 g/mol. The zero-order chi connectivity index (χ0) is 17.2. The van der Waals surface area contributed by atoms with E-state index in [0.29, 0.717) is 22.3 Å². The van der Waals surface area contributed by atoms with Crippen LogP contribution in [0.1, 0.15) is 22.3 Å². The summed E-state index contributed by atoms with van der Waals surface area (Å²) in [5.74, 6) is -0.0179. The van der Waals surface area contributed by atoms with E-state index in [4.69, 9.17) is 9.47 Å². The second kappa shape index (κ2) is 4.52. The summed E-state index contributed by atoms with van der Waals surface area (Å²) in [4.78, 5) is 12.5. The van der Waals surface area contributed by atoms with Crippen LogP contribution in [0.5, 0.6) is 0 Å². The highest BCUT2D eigenvalue weighted by molar-refractivity contribution is 5.97. The summed E-state index contributed by atoms with van der Waals surface area (Å²) in [6.07, 6.45) is 5.17.